The van der Waals surface area contributed by atoms with Crippen LogP contribution in [-0.4, -0.2) is 61.4 Å². The molecule has 1 unspecified atom stereocenters. The number of benzene rings is 1. The van der Waals surface area contributed by atoms with Gasteiger partial charge in [-0.2, -0.15) is 5.10 Å². The first-order valence-corrected chi connectivity index (χ1v) is 11.8. The number of rotatable bonds is 7. The predicted octanol–water partition coefficient (Wildman–Crippen LogP) is 1.75. The van der Waals surface area contributed by atoms with Crippen LogP contribution in [0.5, 0.6) is 0 Å². The van der Waals surface area contributed by atoms with Crippen LogP contribution in [0.3, 0.4) is 0 Å². The number of nitrogens with zero attached hydrogens (tertiary/aromatic N) is 5. The summed E-state index contributed by atoms with van der Waals surface area (Å²) in [5.41, 5.74) is 1.21. The minimum atomic E-state index is -0.236. The third kappa shape index (κ3) is 3.90. The first kappa shape index (κ1) is 20.7. The molecule has 0 aliphatic carbocycles. The maximum atomic E-state index is 13.2. The Morgan fingerprint density at radius 1 is 1.22 bits per heavy atom. The van der Waals surface area contributed by atoms with Crippen molar-refractivity contribution < 1.29 is 9.59 Å². The van der Waals surface area contributed by atoms with Crippen molar-refractivity contribution in [3.8, 4) is 5.69 Å². The van der Waals surface area contributed by atoms with E-state index in [0.29, 0.717) is 41.5 Å². The molecule has 32 heavy (non-hydrogen) atoms. The van der Waals surface area contributed by atoms with Gasteiger partial charge in [-0.1, -0.05) is 30.0 Å². The monoisotopic (exact) mass is 452 g/mol. The van der Waals surface area contributed by atoms with Crippen LogP contribution in [0.2, 0.25) is 0 Å². The van der Waals surface area contributed by atoms with Crippen molar-refractivity contribution in [3.63, 3.8) is 0 Å². The molecule has 1 fully saturated rings. The Kier molecular flexibility index (Phi) is 5.69. The van der Waals surface area contributed by atoms with E-state index < -0.39 is 0 Å². The molecule has 0 radical (unpaired) electrons. The zero-order valence-electron chi connectivity index (χ0n) is 17.6. The van der Waals surface area contributed by atoms with Gasteiger partial charge in [-0.15, -0.1) is 0 Å². The Hall–Kier alpha value is -3.14. The quantitative estimate of drug-likeness (QED) is 0.433. The highest BCUT2D eigenvalue weighted by Gasteiger charge is 2.29. The van der Waals surface area contributed by atoms with E-state index in [1.165, 1.54) is 11.8 Å². The second kappa shape index (κ2) is 8.78. The lowest BCUT2D eigenvalue weighted by Crippen LogP contribution is -2.33. The summed E-state index contributed by atoms with van der Waals surface area (Å²) in [7, 11) is 0. The number of amides is 2. The topological polar surface area (TPSA) is 102 Å². The lowest BCUT2D eigenvalue weighted by molar-refractivity contribution is -0.127. The number of carbonyl (C=O) groups excluding carboxylic acids is 2. The largest absolute Gasteiger partial charge is 0.356 e. The molecule has 2 aliphatic rings. The van der Waals surface area contributed by atoms with Crippen molar-refractivity contribution >= 4 is 34.6 Å². The Morgan fingerprint density at radius 2 is 2.06 bits per heavy atom. The maximum absolute atomic E-state index is 13.2. The van der Waals surface area contributed by atoms with Gasteiger partial charge in [-0.3, -0.25) is 19.0 Å². The Bertz CT molecular complexity index is 1220. The van der Waals surface area contributed by atoms with E-state index in [2.05, 4.69) is 10.4 Å². The molecule has 2 amide bonds. The van der Waals surface area contributed by atoms with Crippen LogP contribution < -0.4 is 10.9 Å². The first-order chi connectivity index (χ1) is 15.6. The smallest absolute Gasteiger partial charge is 0.265 e. The van der Waals surface area contributed by atoms with Gasteiger partial charge in [0, 0.05) is 38.2 Å². The molecule has 2 aliphatic heterocycles. The number of hydrogen-bond donors (Lipinski definition) is 1. The van der Waals surface area contributed by atoms with Crippen molar-refractivity contribution in [2.75, 3.05) is 25.4 Å². The number of carbonyl (C=O) groups is 2. The number of likely N-dealkylation sites (tertiary alicyclic amines) is 1. The molecule has 1 N–H and O–H groups in total. The number of nitrogens with one attached hydrogen (secondary N) is 1. The van der Waals surface area contributed by atoms with E-state index in [1.807, 2.05) is 35.2 Å². The lowest BCUT2D eigenvalue weighted by Gasteiger charge is -2.16. The molecular weight excluding hydrogens is 428 g/mol. The normalized spacial score (nSPS) is 17.8. The highest BCUT2D eigenvalue weighted by Crippen LogP contribution is 2.33. The summed E-state index contributed by atoms with van der Waals surface area (Å²) in [6, 6.07) is 9.34. The molecule has 2 aromatic heterocycles. The summed E-state index contributed by atoms with van der Waals surface area (Å²) in [4.78, 5) is 43.9. The lowest BCUT2D eigenvalue weighted by atomic mass is 10.2. The first-order valence-electron chi connectivity index (χ1n) is 10.8. The van der Waals surface area contributed by atoms with Crippen molar-refractivity contribution in [3.05, 3.63) is 46.9 Å². The summed E-state index contributed by atoms with van der Waals surface area (Å²) < 4.78 is 3.30. The van der Waals surface area contributed by atoms with E-state index in [4.69, 9.17) is 4.98 Å². The van der Waals surface area contributed by atoms with Gasteiger partial charge < -0.3 is 10.2 Å². The molecule has 1 atom stereocenters. The Labute approximate surface area is 188 Å². The van der Waals surface area contributed by atoms with Crippen LogP contribution in [0, 0.1) is 0 Å². The number of aromatic nitrogens is 4. The fraction of sp³-hybridized carbons (Fsp3) is 0.409. The maximum Gasteiger partial charge on any atom is 0.265 e. The number of fused-ring (bicyclic) bond motifs is 2. The van der Waals surface area contributed by atoms with Crippen LogP contribution in [0.25, 0.3) is 16.7 Å². The molecule has 10 heteroatoms. The van der Waals surface area contributed by atoms with Crippen molar-refractivity contribution in [2.45, 2.75) is 36.9 Å². The number of para-hydroxylation sites is 1. The molecule has 0 saturated carbocycles. The summed E-state index contributed by atoms with van der Waals surface area (Å²) in [6.45, 7) is 2.01. The van der Waals surface area contributed by atoms with Crippen molar-refractivity contribution in [1.82, 2.24) is 29.5 Å². The van der Waals surface area contributed by atoms with Crippen LogP contribution in [0.15, 0.2) is 46.5 Å². The van der Waals surface area contributed by atoms with Gasteiger partial charge in [0.25, 0.3) is 5.56 Å². The van der Waals surface area contributed by atoms with Gasteiger partial charge >= 0.3 is 0 Å². The van der Waals surface area contributed by atoms with Gasteiger partial charge in [-0.25, -0.2) is 9.67 Å². The molecule has 5 rings (SSSR count). The van der Waals surface area contributed by atoms with E-state index in [9.17, 15) is 14.4 Å². The standard InChI is InChI=1S/C22H24N6O3S/c29-18(23-9-5-11-26-10-4-8-19(26)30)12-16-14-32-22-25-20-17(21(31)27(16)22)13-24-28(20)15-6-2-1-3-7-15/h1-3,6-7,13,16H,4-5,8-12,14H2,(H,23,29). The minimum Gasteiger partial charge on any atom is -0.356 e. The third-order valence-corrected chi connectivity index (χ3v) is 6.99. The summed E-state index contributed by atoms with van der Waals surface area (Å²) in [6.07, 6.45) is 4.05. The summed E-state index contributed by atoms with van der Waals surface area (Å²) in [5.74, 6) is 0.733. The second-order valence-electron chi connectivity index (χ2n) is 8.06. The van der Waals surface area contributed by atoms with Crippen molar-refractivity contribution in [1.29, 1.82) is 0 Å². The third-order valence-electron chi connectivity index (χ3n) is 5.89. The van der Waals surface area contributed by atoms with E-state index in [0.717, 1.165) is 25.1 Å². The van der Waals surface area contributed by atoms with E-state index in [-0.39, 0.29) is 29.8 Å². The fourth-order valence-corrected chi connectivity index (χ4v) is 5.39. The predicted molar refractivity (Wildman–Crippen MR) is 121 cm³/mol. The second-order valence-corrected chi connectivity index (χ2v) is 9.04. The summed E-state index contributed by atoms with van der Waals surface area (Å²) >= 11 is 1.49. The van der Waals surface area contributed by atoms with Gasteiger partial charge in [0.1, 0.15) is 5.39 Å². The van der Waals surface area contributed by atoms with E-state index >= 15 is 0 Å². The molecular formula is C22H24N6O3S. The summed E-state index contributed by atoms with van der Waals surface area (Å²) in [5, 5.41) is 8.35. The average Bonchev–Trinajstić information content (AvgIpc) is 3.51. The van der Waals surface area contributed by atoms with Gasteiger partial charge in [0.15, 0.2) is 10.8 Å². The SMILES string of the molecule is O=C(CC1CSc2nc3c(cnn3-c3ccccc3)c(=O)n21)NCCCN1CCCC1=O. The van der Waals surface area contributed by atoms with Crippen LogP contribution >= 0.6 is 11.8 Å². The Morgan fingerprint density at radius 3 is 2.84 bits per heavy atom. The van der Waals surface area contributed by atoms with Crippen molar-refractivity contribution in [2.24, 2.45) is 0 Å². The molecule has 4 heterocycles. The number of hydrogen-bond acceptors (Lipinski definition) is 6. The molecule has 9 nitrogen and oxygen atoms in total. The minimum absolute atomic E-state index is 0.0943. The fourth-order valence-electron chi connectivity index (χ4n) is 4.26. The zero-order chi connectivity index (χ0) is 22.1. The Balaban J connectivity index is 1.26. The van der Waals surface area contributed by atoms with Crippen LogP contribution in [-0.2, 0) is 9.59 Å². The van der Waals surface area contributed by atoms with Crippen LogP contribution in [0.4, 0.5) is 0 Å². The molecule has 0 bridgehead atoms. The van der Waals surface area contributed by atoms with E-state index in [1.54, 1.807) is 15.4 Å². The molecule has 1 aromatic carbocycles. The van der Waals surface area contributed by atoms with Gasteiger partial charge in [0.05, 0.1) is 17.9 Å². The van der Waals surface area contributed by atoms with Crippen LogP contribution in [0.1, 0.15) is 31.7 Å². The highest BCUT2D eigenvalue weighted by atomic mass is 32.2. The molecule has 3 aromatic rings. The molecule has 166 valence electrons. The molecule has 1 saturated heterocycles. The van der Waals surface area contributed by atoms with Gasteiger partial charge in [0.2, 0.25) is 11.8 Å². The number of thioether (sulfide) groups is 1. The zero-order valence-corrected chi connectivity index (χ0v) is 18.4. The molecule has 0 spiro atoms. The average molecular weight is 453 g/mol. The van der Waals surface area contributed by atoms with Gasteiger partial charge in [-0.05, 0) is 25.0 Å². The highest BCUT2D eigenvalue weighted by molar-refractivity contribution is 7.99.